The van der Waals surface area contributed by atoms with Gasteiger partial charge in [0.25, 0.3) is 0 Å². The Hall–Kier alpha value is -0.650. The zero-order chi connectivity index (χ0) is 13.6. The van der Waals surface area contributed by atoms with E-state index in [0.29, 0.717) is 6.42 Å². The number of carbonyl (C=O) groups excluding carboxylic acids is 1. The Balaban J connectivity index is 2.16. The van der Waals surface area contributed by atoms with Gasteiger partial charge in [-0.25, -0.2) is 0 Å². The third-order valence-corrected chi connectivity index (χ3v) is 2.93. The Labute approximate surface area is 110 Å². The van der Waals surface area contributed by atoms with E-state index >= 15 is 0 Å². The summed E-state index contributed by atoms with van der Waals surface area (Å²) < 4.78 is 5.28. The minimum absolute atomic E-state index is 0.125. The molecule has 0 spiro atoms. The van der Waals surface area contributed by atoms with Crippen molar-refractivity contribution in [1.29, 1.82) is 0 Å². The molecular weight excluding hydrogens is 232 g/mol. The molecule has 1 saturated heterocycles. The molecule has 0 aromatic heterocycles. The number of carbonyl (C=O) groups is 1. The summed E-state index contributed by atoms with van der Waals surface area (Å²) in [5.74, 6) is -0.125. The van der Waals surface area contributed by atoms with Crippen LogP contribution >= 0.6 is 0 Å². The second kappa shape index (κ2) is 7.07. The van der Waals surface area contributed by atoms with Gasteiger partial charge in [-0.05, 0) is 20.8 Å². The predicted octanol–water partition coefficient (Wildman–Crippen LogP) is 0.328. The fourth-order valence-electron chi connectivity index (χ4n) is 2.02. The molecule has 5 nitrogen and oxygen atoms in total. The quantitative estimate of drug-likeness (QED) is 0.720. The second-order valence-electron chi connectivity index (χ2n) is 5.74. The highest BCUT2D eigenvalue weighted by atomic mass is 16.6. The predicted molar refractivity (Wildman–Crippen MR) is 70.4 cm³/mol. The topological polar surface area (TPSA) is 53.0 Å². The highest BCUT2D eigenvalue weighted by molar-refractivity contribution is 5.70. The number of rotatable bonds is 5. The van der Waals surface area contributed by atoms with Gasteiger partial charge in [0.05, 0.1) is 13.0 Å². The van der Waals surface area contributed by atoms with Crippen LogP contribution in [-0.2, 0) is 9.53 Å². The molecule has 5 heteroatoms. The van der Waals surface area contributed by atoms with Crippen LogP contribution in [0.5, 0.6) is 0 Å². The number of hydrogen-bond acceptors (Lipinski definition) is 5. The fourth-order valence-corrected chi connectivity index (χ4v) is 2.02. The first-order chi connectivity index (χ1) is 8.40. The van der Waals surface area contributed by atoms with Crippen molar-refractivity contribution in [3.63, 3.8) is 0 Å². The molecule has 1 heterocycles. The third-order valence-electron chi connectivity index (χ3n) is 2.93. The van der Waals surface area contributed by atoms with Crippen LogP contribution in [0.1, 0.15) is 27.2 Å². The van der Waals surface area contributed by atoms with Crippen LogP contribution in [0.3, 0.4) is 0 Å². The SMILES string of the molecule is CC(C)(C)OC(=O)CCN1CCN(CCO)CC1. The van der Waals surface area contributed by atoms with Gasteiger partial charge in [-0.2, -0.15) is 0 Å². The number of hydrogen-bond donors (Lipinski definition) is 1. The first-order valence-electron chi connectivity index (χ1n) is 6.68. The van der Waals surface area contributed by atoms with E-state index in [0.717, 1.165) is 39.3 Å². The van der Waals surface area contributed by atoms with Gasteiger partial charge < -0.3 is 14.7 Å². The van der Waals surface area contributed by atoms with Gasteiger partial charge in [0, 0.05) is 39.3 Å². The second-order valence-corrected chi connectivity index (χ2v) is 5.74. The normalized spacial score (nSPS) is 18.9. The summed E-state index contributed by atoms with van der Waals surface area (Å²) in [5, 5.41) is 8.85. The van der Waals surface area contributed by atoms with Gasteiger partial charge in [0.2, 0.25) is 0 Å². The molecule has 1 rings (SSSR count). The van der Waals surface area contributed by atoms with Crippen LogP contribution < -0.4 is 0 Å². The van der Waals surface area contributed by atoms with Gasteiger partial charge >= 0.3 is 5.97 Å². The number of aliphatic hydroxyl groups excluding tert-OH is 1. The minimum atomic E-state index is -0.392. The Morgan fingerprint density at radius 2 is 1.61 bits per heavy atom. The Morgan fingerprint density at radius 1 is 1.11 bits per heavy atom. The lowest BCUT2D eigenvalue weighted by Gasteiger charge is -2.34. The van der Waals surface area contributed by atoms with Crippen LogP contribution in [0.2, 0.25) is 0 Å². The van der Waals surface area contributed by atoms with E-state index in [-0.39, 0.29) is 12.6 Å². The van der Waals surface area contributed by atoms with E-state index in [1.807, 2.05) is 20.8 Å². The standard InChI is InChI=1S/C13H26N2O3/c1-13(2,3)18-12(17)4-5-14-6-8-15(9-7-14)10-11-16/h16H,4-11H2,1-3H3. The van der Waals surface area contributed by atoms with Crippen molar-refractivity contribution in [2.45, 2.75) is 32.8 Å². The minimum Gasteiger partial charge on any atom is -0.460 e. The maximum Gasteiger partial charge on any atom is 0.307 e. The van der Waals surface area contributed by atoms with Gasteiger partial charge in [-0.1, -0.05) is 0 Å². The molecule has 0 aliphatic carbocycles. The highest BCUT2D eigenvalue weighted by Crippen LogP contribution is 2.09. The van der Waals surface area contributed by atoms with Crippen molar-refractivity contribution >= 4 is 5.97 Å². The molecule has 0 radical (unpaired) electrons. The number of esters is 1. The van der Waals surface area contributed by atoms with Gasteiger partial charge in [-0.15, -0.1) is 0 Å². The molecule has 0 amide bonds. The van der Waals surface area contributed by atoms with Crippen molar-refractivity contribution in [2.24, 2.45) is 0 Å². The molecule has 1 N–H and O–H groups in total. The summed E-state index contributed by atoms with van der Waals surface area (Å²) >= 11 is 0. The van der Waals surface area contributed by atoms with E-state index in [2.05, 4.69) is 9.80 Å². The van der Waals surface area contributed by atoms with Gasteiger partial charge in [0.15, 0.2) is 0 Å². The number of β-amino-alcohol motifs (C(OH)–C–C–N with tert-alkyl or cyclic N) is 1. The van der Waals surface area contributed by atoms with Crippen molar-refractivity contribution < 1.29 is 14.6 Å². The van der Waals surface area contributed by atoms with Crippen molar-refractivity contribution in [3.8, 4) is 0 Å². The zero-order valence-electron chi connectivity index (χ0n) is 11.8. The smallest absolute Gasteiger partial charge is 0.307 e. The number of nitrogens with zero attached hydrogens (tertiary/aromatic N) is 2. The van der Waals surface area contributed by atoms with Gasteiger partial charge in [-0.3, -0.25) is 9.69 Å². The largest absolute Gasteiger partial charge is 0.460 e. The van der Waals surface area contributed by atoms with Crippen LogP contribution in [0, 0.1) is 0 Å². The molecule has 106 valence electrons. The van der Waals surface area contributed by atoms with Crippen molar-refractivity contribution in [1.82, 2.24) is 9.80 Å². The van der Waals surface area contributed by atoms with E-state index < -0.39 is 5.60 Å². The first-order valence-corrected chi connectivity index (χ1v) is 6.68. The summed E-state index contributed by atoms with van der Waals surface area (Å²) in [6, 6.07) is 0. The lowest BCUT2D eigenvalue weighted by Crippen LogP contribution is -2.47. The van der Waals surface area contributed by atoms with E-state index in [4.69, 9.17) is 9.84 Å². The summed E-state index contributed by atoms with van der Waals surface area (Å²) in [5.41, 5.74) is -0.392. The molecule has 0 bridgehead atoms. The molecule has 0 unspecified atom stereocenters. The summed E-state index contributed by atoms with van der Waals surface area (Å²) in [6.45, 7) is 11.3. The van der Waals surface area contributed by atoms with Crippen LogP contribution in [0.15, 0.2) is 0 Å². The third kappa shape index (κ3) is 6.33. The molecule has 18 heavy (non-hydrogen) atoms. The average molecular weight is 258 g/mol. The molecule has 1 aliphatic heterocycles. The lowest BCUT2D eigenvalue weighted by molar-refractivity contribution is -0.155. The van der Waals surface area contributed by atoms with Crippen LogP contribution in [0.25, 0.3) is 0 Å². The van der Waals surface area contributed by atoms with Crippen LogP contribution in [-0.4, -0.2) is 72.4 Å². The number of aliphatic hydroxyl groups is 1. The van der Waals surface area contributed by atoms with Gasteiger partial charge in [0.1, 0.15) is 5.60 Å². The maximum atomic E-state index is 11.6. The van der Waals surface area contributed by atoms with Crippen molar-refractivity contribution in [2.75, 3.05) is 45.9 Å². The first kappa shape index (κ1) is 15.4. The zero-order valence-corrected chi connectivity index (χ0v) is 11.8. The number of piperazine rings is 1. The van der Waals surface area contributed by atoms with E-state index in [1.165, 1.54) is 0 Å². The summed E-state index contributed by atoms with van der Waals surface area (Å²) in [6.07, 6.45) is 0.456. The molecule has 1 fully saturated rings. The Bertz CT molecular complexity index is 255. The lowest BCUT2D eigenvalue weighted by atomic mass is 10.2. The maximum absolute atomic E-state index is 11.6. The van der Waals surface area contributed by atoms with E-state index in [9.17, 15) is 4.79 Å². The highest BCUT2D eigenvalue weighted by Gasteiger charge is 2.19. The molecular formula is C13H26N2O3. The fraction of sp³-hybridized carbons (Fsp3) is 0.923. The van der Waals surface area contributed by atoms with E-state index in [1.54, 1.807) is 0 Å². The molecule has 1 aliphatic rings. The van der Waals surface area contributed by atoms with Crippen molar-refractivity contribution in [3.05, 3.63) is 0 Å². The van der Waals surface area contributed by atoms with Crippen LogP contribution in [0.4, 0.5) is 0 Å². The Morgan fingerprint density at radius 3 is 2.06 bits per heavy atom. The molecule has 0 aromatic carbocycles. The Kier molecular flexibility index (Phi) is 6.05. The number of ether oxygens (including phenoxy) is 1. The molecule has 0 aromatic rings. The summed E-state index contributed by atoms with van der Waals surface area (Å²) in [4.78, 5) is 16.1. The summed E-state index contributed by atoms with van der Waals surface area (Å²) in [7, 11) is 0. The average Bonchev–Trinajstić information content (AvgIpc) is 2.26. The molecule has 0 saturated carbocycles. The monoisotopic (exact) mass is 258 g/mol. The molecule has 0 atom stereocenters.